The lowest BCUT2D eigenvalue weighted by Crippen LogP contribution is -2.07. The van der Waals surface area contributed by atoms with Crippen LogP contribution in [-0.2, 0) is 4.79 Å². The molecule has 0 unspecified atom stereocenters. The van der Waals surface area contributed by atoms with Gasteiger partial charge in [0.05, 0.1) is 0 Å². The number of hydrogen-bond acceptors (Lipinski definition) is 5. The van der Waals surface area contributed by atoms with Gasteiger partial charge in [-0.25, -0.2) is 9.97 Å². The summed E-state index contributed by atoms with van der Waals surface area (Å²) in [5.41, 5.74) is 3.60. The molecule has 130 valence electrons. The van der Waals surface area contributed by atoms with Crippen molar-refractivity contribution < 1.29 is 4.79 Å². The van der Waals surface area contributed by atoms with Gasteiger partial charge in [0.2, 0.25) is 5.91 Å². The minimum absolute atomic E-state index is 0.256. The zero-order valence-electron chi connectivity index (χ0n) is 14.4. The van der Waals surface area contributed by atoms with Crippen LogP contribution in [0.3, 0.4) is 0 Å². The highest BCUT2D eigenvalue weighted by molar-refractivity contribution is 5.99. The van der Waals surface area contributed by atoms with Gasteiger partial charge in [0.1, 0.15) is 18.0 Å². The molecule has 0 saturated heterocycles. The Balaban J connectivity index is 1.73. The smallest absolute Gasteiger partial charge is 0.247 e. The van der Waals surface area contributed by atoms with Crippen LogP contribution >= 0.6 is 0 Å². The summed E-state index contributed by atoms with van der Waals surface area (Å²) in [6.07, 6.45) is 2.72. The molecule has 6 heteroatoms. The van der Waals surface area contributed by atoms with E-state index in [0.717, 1.165) is 11.4 Å². The molecule has 1 amide bonds. The number of hydrogen-bond donors (Lipinski definition) is 3. The Morgan fingerprint density at radius 3 is 2.19 bits per heavy atom. The Morgan fingerprint density at radius 2 is 1.54 bits per heavy atom. The Morgan fingerprint density at radius 1 is 0.923 bits per heavy atom. The van der Waals surface area contributed by atoms with Crippen molar-refractivity contribution in [3.63, 3.8) is 0 Å². The van der Waals surface area contributed by atoms with Crippen LogP contribution in [0.25, 0.3) is 0 Å². The van der Waals surface area contributed by atoms with Gasteiger partial charge in [-0.05, 0) is 48.9 Å². The Hall–Kier alpha value is -3.67. The van der Waals surface area contributed by atoms with Crippen LogP contribution in [0.4, 0.5) is 28.7 Å². The van der Waals surface area contributed by atoms with Crippen LogP contribution in [-0.4, -0.2) is 15.9 Å². The van der Waals surface area contributed by atoms with Gasteiger partial charge < -0.3 is 16.0 Å². The van der Waals surface area contributed by atoms with Crippen LogP contribution < -0.4 is 16.0 Å². The fourth-order valence-electron chi connectivity index (χ4n) is 2.38. The van der Waals surface area contributed by atoms with E-state index in [1.807, 2.05) is 55.5 Å². The largest absolute Gasteiger partial charge is 0.340 e. The third kappa shape index (κ3) is 4.67. The number of benzene rings is 2. The van der Waals surface area contributed by atoms with E-state index in [1.54, 1.807) is 6.07 Å². The SMILES string of the molecule is C=CC(=O)Nc1cccc(Nc2cc(Nc3cccc(C)c3)ncn2)c1. The lowest BCUT2D eigenvalue weighted by atomic mass is 10.2. The molecule has 3 N–H and O–H groups in total. The zero-order valence-corrected chi connectivity index (χ0v) is 14.4. The second kappa shape index (κ2) is 7.94. The molecule has 0 aliphatic heterocycles. The maximum atomic E-state index is 11.4. The maximum absolute atomic E-state index is 11.4. The Bertz CT molecular complexity index is 939. The molecule has 0 aliphatic carbocycles. The van der Waals surface area contributed by atoms with Crippen LogP contribution in [0.1, 0.15) is 5.56 Å². The van der Waals surface area contributed by atoms with Gasteiger partial charge in [0.15, 0.2) is 0 Å². The zero-order chi connectivity index (χ0) is 18.4. The van der Waals surface area contributed by atoms with Crippen molar-refractivity contribution in [1.29, 1.82) is 0 Å². The molecule has 0 aliphatic rings. The van der Waals surface area contributed by atoms with Crippen molar-refractivity contribution >= 4 is 34.6 Å². The number of nitrogens with one attached hydrogen (secondary N) is 3. The van der Waals surface area contributed by atoms with Gasteiger partial charge in [-0.3, -0.25) is 4.79 Å². The fourth-order valence-corrected chi connectivity index (χ4v) is 2.38. The maximum Gasteiger partial charge on any atom is 0.247 e. The molecule has 0 atom stereocenters. The van der Waals surface area contributed by atoms with Gasteiger partial charge in [-0.2, -0.15) is 0 Å². The molecule has 0 bridgehead atoms. The molecule has 3 rings (SSSR count). The van der Waals surface area contributed by atoms with E-state index in [-0.39, 0.29) is 5.91 Å². The monoisotopic (exact) mass is 345 g/mol. The minimum Gasteiger partial charge on any atom is -0.340 e. The average molecular weight is 345 g/mol. The van der Waals surface area contributed by atoms with E-state index < -0.39 is 0 Å². The van der Waals surface area contributed by atoms with Crippen molar-refractivity contribution in [2.24, 2.45) is 0 Å². The lowest BCUT2D eigenvalue weighted by molar-refractivity contribution is -0.111. The summed E-state index contributed by atoms with van der Waals surface area (Å²) in [7, 11) is 0. The number of aryl methyl sites for hydroxylation is 1. The van der Waals surface area contributed by atoms with Crippen LogP contribution in [0.2, 0.25) is 0 Å². The fraction of sp³-hybridized carbons (Fsp3) is 0.0500. The van der Waals surface area contributed by atoms with E-state index >= 15 is 0 Å². The topological polar surface area (TPSA) is 78.9 Å². The van der Waals surface area contributed by atoms with Gasteiger partial charge in [-0.1, -0.05) is 24.8 Å². The first-order valence-electron chi connectivity index (χ1n) is 8.08. The number of carbonyl (C=O) groups is 1. The highest BCUT2D eigenvalue weighted by atomic mass is 16.1. The molecular weight excluding hydrogens is 326 g/mol. The quantitative estimate of drug-likeness (QED) is 0.577. The van der Waals surface area contributed by atoms with Gasteiger partial charge in [-0.15, -0.1) is 0 Å². The summed E-state index contributed by atoms with van der Waals surface area (Å²) in [4.78, 5) is 19.9. The molecule has 0 radical (unpaired) electrons. The molecule has 0 fully saturated rings. The predicted octanol–water partition coefficient (Wildman–Crippen LogP) is 4.40. The normalized spacial score (nSPS) is 10.0. The number of carbonyl (C=O) groups excluding carboxylic acids is 1. The minimum atomic E-state index is -0.256. The molecular formula is C20H19N5O. The number of rotatable bonds is 6. The van der Waals surface area contributed by atoms with Gasteiger partial charge in [0, 0.05) is 23.1 Å². The Labute approximate surface area is 152 Å². The lowest BCUT2D eigenvalue weighted by Gasteiger charge is -2.10. The molecule has 1 aromatic heterocycles. The number of aromatic nitrogens is 2. The van der Waals surface area contributed by atoms with Gasteiger partial charge >= 0.3 is 0 Å². The van der Waals surface area contributed by atoms with Crippen molar-refractivity contribution in [2.75, 3.05) is 16.0 Å². The molecule has 0 spiro atoms. The number of anilines is 5. The average Bonchev–Trinajstić information content (AvgIpc) is 2.62. The van der Waals surface area contributed by atoms with Crippen molar-refractivity contribution in [3.05, 3.63) is 79.1 Å². The van der Waals surface area contributed by atoms with E-state index in [1.165, 1.54) is 18.0 Å². The van der Waals surface area contributed by atoms with Crippen molar-refractivity contribution in [2.45, 2.75) is 6.92 Å². The molecule has 0 saturated carbocycles. The summed E-state index contributed by atoms with van der Waals surface area (Å²) in [5, 5.41) is 9.19. The first-order chi connectivity index (χ1) is 12.6. The van der Waals surface area contributed by atoms with Crippen LogP contribution in [0.5, 0.6) is 0 Å². The molecule has 3 aromatic rings. The molecule has 26 heavy (non-hydrogen) atoms. The number of nitrogens with zero attached hydrogens (tertiary/aromatic N) is 2. The standard InChI is InChI=1S/C20H19N5O/c1-3-20(26)25-17-9-5-8-16(11-17)24-19-12-18(21-13-22-19)23-15-7-4-6-14(2)10-15/h3-13H,1H2,2H3,(H,25,26)(H2,21,22,23,24). The summed E-state index contributed by atoms with van der Waals surface area (Å²) in [6, 6.07) is 17.2. The van der Waals surface area contributed by atoms with E-state index in [0.29, 0.717) is 17.3 Å². The summed E-state index contributed by atoms with van der Waals surface area (Å²) in [6.45, 7) is 5.48. The van der Waals surface area contributed by atoms with Crippen LogP contribution in [0, 0.1) is 6.92 Å². The second-order valence-corrected chi connectivity index (χ2v) is 5.68. The summed E-state index contributed by atoms with van der Waals surface area (Å²) >= 11 is 0. The summed E-state index contributed by atoms with van der Waals surface area (Å²) < 4.78 is 0. The van der Waals surface area contributed by atoms with E-state index in [4.69, 9.17) is 0 Å². The second-order valence-electron chi connectivity index (χ2n) is 5.68. The van der Waals surface area contributed by atoms with Gasteiger partial charge in [0.25, 0.3) is 0 Å². The molecule has 2 aromatic carbocycles. The predicted molar refractivity (Wildman–Crippen MR) is 105 cm³/mol. The Kier molecular flexibility index (Phi) is 5.24. The highest BCUT2D eigenvalue weighted by Crippen LogP contribution is 2.21. The first-order valence-corrected chi connectivity index (χ1v) is 8.08. The van der Waals surface area contributed by atoms with E-state index in [9.17, 15) is 4.79 Å². The first kappa shape index (κ1) is 17.2. The molecule has 6 nitrogen and oxygen atoms in total. The van der Waals surface area contributed by atoms with Crippen LogP contribution in [0.15, 0.2) is 73.6 Å². The van der Waals surface area contributed by atoms with Crippen molar-refractivity contribution in [1.82, 2.24) is 9.97 Å². The summed E-state index contributed by atoms with van der Waals surface area (Å²) in [5.74, 6) is 1.07. The third-order valence-corrected chi connectivity index (χ3v) is 3.55. The highest BCUT2D eigenvalue weighted by Gasteiger charge is 2.03. The molecule has 1 heterocycles. The third-order valence-electron chi connectivity index (χ3n) is 3.55. The van der Waals surface area contributed by atoms with E-state index in [2.05, 4.69) is 32.5 Å². The van der Waals surface area contributed by atoms with Crippen molar-refractivity contribution in [3.8, 4) is 0 Å². The number of amides is 1.